The summed E-state index contributed by atoms with van der Waals surface area (Å²) < 4.78 is 1.03. The summed E-state index contributed by atoms with van der Waals surface area (Å²) >= 11 is 3.53. The molecule has 90 valence electrons. The lowest BCUT2D eigenvalue weighted by Gasteiger charge is -2.31. The minimum absolute atomic E-state index is 0.0856. The number of aliphatic hydroxyl groups is 1. The van der Waals surface area contributed by atoms with E-state index in [1.54, 1.807) is 0 Å². The molecule has 1 aromatic carbocycles. The smallest absolute Gasteiger partial charge is 0.0652 e. The van der Waals surface area contributed by atoms with E-state index in [9.17, 15) is 5.11 Å². The summed E-state index contributed by atoms with van der Waals surface area (Å²) in [6.07, 6.45) is 0. The standard InChI is InChI=1S/C13H20BrNO/c1-10(2)8-15-13(3,9-16)11-6-4-5-7-12(11)14/h4-7,10,15-16H,8-9H2,1-3H3. The van der Waals surface area contributed by atoms with Crippen LogP contribution >= 0.6 is 15.9 Å². The van der Waals surface area contributed by atoms with Gasteiger partial charge in [0.15, 0.2) is 0 Å². The number of hydrogen-bond donors (Lipinski definition) is 2. The molecule has 0 saturated heterocycles. The third-order valence-electron chi connectivity index (χ3n) is 2.69. The summed E-state index contributed by atoms with van der Waals surface area (Å²) in [6.45, 7) is 7.31. The Labute approximate surface area is 106 Å². The molecule has 0 heterocycles. The Morgan fingerprint density at radius 3 is 2.50 bits per heavy atom. The van der Waals surface area contributed by atoms with Crippen LogP contribution in [0.1, 0.15) is 26.3 Å². The van der Waals surface area contributed by atoms with Gasteiger partial charge in [-0.3, -0.25) is 0 Å². The highest BCUT2D eigenvalue weighted by Gasteiger charge is 2.27. The molecular formula is C13H20BrNO. The summed E-state index contributed by atoms with van der Waals surface area (Å²) in [5, 5.41) is 13.0. The van der Waals surface area contributed by atoms with Gasteiger partial charge in [0.1, 0.15) is 0 Å². The molecule has 16 heavy (non-hydrogen) atoms. The molecule has 0 aliphatic carbocycles. The second kappa shape index (κ2) is 5.80. The fraction of sp³-hybridized carbons (Fsp3) is 0.538. The van der Waals surface area contributed by atoms with Crippen molar-refractivity contribution in [2.75, 3.05) is 13.2 Å². The molecular weight excluding hydrogens is 266 g/mol. The van der Waals surface area contributed by atoms with Crippen molar-refractivity contribution >= 4 is 15.9 Å². The molecule has 0 aliphatic heterocycles. The molecule has 0 saturated carbocycles. The number of halogens is 1. The van der Waals surface area contributed by atoms with Crippen LogP contribution < -0.4 is 5.32 Å². The fourth-order valence-electron chi connectivity index (χ4n) is 1.57. The molecule has 0 aliphatic rings. The van der Waals surface area contributed by atoms with E-state index in [2.05, 4.69) is 35.1 Å². The van der Waals surface area contributed by atoms with E-state index < -0.39 is 0 Å². The molecule has 0 fully saturated rings. The maximum Gasteiger partial charge on any atom is 0.0652 e. The van der Waals surface area contributed by atoms with Crippen LogP contribution in [0.15, 0.2) is 28.7 Å². The highest BCUT2D eigenvalue weighted by atomic mass is 79.9. The van der Waals surface area contributed by atoms with E-state index in [1.165, 1.54) is 0 Å². The fourth-order valence-corrected chi connectivity index (χ4v) is 2.30. The monoisotopic (exact) mass is 285 g/mol. The van der Waals surface area contributed by atoms with Gasteiger partial charge in [0, 0.05) is 4.47 Å². The zero-order valence-corrected chi connectivity index (χ0v) is 11.7. The summed E-state index contributed by atoms with van der Waals surface area (Å²) in [5.41, 5.74) is 0.711. The first kappa shape index (κ1) is 13.7. The Hall–Kier alpha value is -0.380. The Bertz CT molecular complexity index is 340. The van der Waals surface area contributed by atoms with Crippen LogP contribution in [0.5, 0.6) is 0 Å². The number of hydrogen-bond acceptors (Lipinski definition) is 2. The highest BCUT2D eigenvalue weighted by molar-refractivity contribution is 9.10. The zero-order chi connectivity index (χ0) is 12.2. The van der Waals surface area contributed by atoms with Crippen LogP contribution in [-0.4, -0.2) is 18.3 Å². The first-order valence-electron chi connectivity index (χ1n) is 5.60. The Morgan fingerprint density at radius 1 is 1.38 bits per heavy atom. The topological polar surface area (TPSA) is 32.3 Å². The minimum Gasteiger partial charge on any atom is -0.394 e. The van der Waals surface area contributed by atoms with Crippen molar-refractivity contribution in [3.8, 4) is 0 Å². The van der Waals surface area contributed by atoms with Gasteiger partial charge >= 0.3 is 0 Å². The third kappa shape index (κ3) is 3.30. The van der Waals surface area contributed by atoms with E-state index in [4.69, 9.17) is 0 Å². The van der Waals surface area contributed by atoms with Crippen molar-refractivity contribution in [1.82, 2.24) is 5.32 Å². The molecule has 2 N–H and O–H groups in total. The molecule has 0 amide bonds. The largest absolute Gasteiger partial charge is 0.394 e. The van der Waals surface area contributed by atoms with E-state index >= 15 is 0 Å². The lowest BCUT2D eigenvalue weighted by molar-refractivity contribution is 0.170. The molecule has 3 heteroatoms. The second-order valence-corrected chi connectivity index (χ2v) is 5.60. The van der Waals surface area contributed by atoms with Gasteiger partial charge < -0.3 is 10.4 Å². The van der Waals surface area contributed by atoms with E-state index in [1.807, 2.05) is 31.2 Å². The second-order valence-electron chi connectivity index (χ2n) is 4.74. The van der Waals surface area contributed by atoms with Crippen LogP contribution in [-0.2, 0) is 5.54 Å². The van der Waals surface area contributed by atoms with E-state index in [-0.39, 0.29) is 12.1 Å². The number of rotatable bonds is 5. The number of nitrogens with one attached hydrogen (secondary N) is 1. The number of aliphatic hydroxyl groups excluding tert-OH is 1. The van der Waals surface area contributed by atoms with Gasteiger partial charge in [0.05, 0.1) is 12.1 Å². The molecule has 0 bridgehead atoms. The van der Waals surface area contributed by atoms with Crippen LogP contribution in [0.3, 0.4) is 0 Å². The van der Waals surface area contributed by atoms with Gasteiger partial charge in [-0.25, -0.2) is 0 Å². The first-order chi connectivity index (χ1) is 7.49. The predicted octanol–water partition coefficient (Wildman–Crippen LogP) is 2.90. The zero-order valence-electron chi connectivity index (χ0n) is 10.1. The number of benzene rings is 1. The normalized spacial score (nSPS) is 15.1. The van der Waals surface area contributed by atoms with Crippen LogP contribution in [0, 0.1) is 5.92 Å². The average Bonchev–Trinajstić information content (AvgIpc) is 2.26. The molecule has 0 aromatic heterocycles. The van der Waals surface area contributed by atoms with Crippen LogP contribution in [0.4, 0.5) is 0 Å². The molecule has 0 radical (unpaired) electrons. The summed E-state index contributed by atoms with van der Waals surface area (Å²) in [7, 11) is 0. The molecule has 1 unspecified atom stereocenters. The van der Waals surface area contributed by atoms with E-state index in [0.717, 1.165) is 16.6 Å². The van der Waals surface area contributed by atoms with E-state index in [0.29, 0.717) is 5.92 Å². The van der Waals surface area contributed by atoms with Crippen LogP contribution in [0.2, 0.25) is 0 Å². The Kier molecular flexibility index (Phi) is 4.96. The van der Waals surface area contributed by atoms with Crippen molar-refractivity contribution in [2.24, 2.45) is 5.92 Å². The lowest BCUT2D eigenvalue weighted by Crippen LogP contribution is -2.44. The Morgan fingerprint density at radius 2 is 2.00 bits per heavy atom. The van der Waals surface area contributed by atoms with Gasteiger partial charge in [0.2, 0.25) is 0 Å². The van der Waals surface area contributed by atoms with Gasteiger partial charge in [-0.15, -0.1) is 0 Å². The summed E-state index contributed by atoms with van der Waals surface area (Å²) in [5.74, 6) is 0.563. The van der Waals surface area contributed by atoms with Gasteiger partial charge in [-0.05, 0) is 31.0 Å². The maximum atomic E-state index is 9.59. The van der Waals surface area contributed by atoms with Crippen molar-refractivity contribution in [3.05, 3.63) is 34.3 Å². The quantitative estimate of drug-likeness (QED) is 0.872. The molecule has 2 nitrogen and oxygen atoms in total. The lowest BCUT2D eigenvalue weighted by atomic mass is 9.92. The van der Waals surface area contributed by atoms with Gasteiger partial charge in [0.25, 0.3) is 0 Å². The van der Waals surface area contributed by atoms with Crippen molar-refractivity contribution in [2.45, 2.75) is 26.3 Å². The molecule has 0 spiro atoms. The summed E-state index contributed by atoms with van der Waals surface area (Å²) in [6, 6.07) is 8.01. The van der Waals surface area contributed by atoms with Gasteiger partial charge in [-0.1, -0.05) is 48.0 Å². The van der Waals surface area contributed by atoms with Gasteiger partial charge in [-0.2, -0.15) is 0 Å². The molecule has 1 rings (SSSR count). The predicted molar refractivity (Wildman–Crippen MR) is 71.4 cm³/mol. The maximum absolute atomic E-state index is 9.59. The SMILES string of the molecule is CC(C)CNC(C)(CO)c1ccccc1Br. The molecule has 1 atom stereocenters. The average molecular weight is 286 g/mol. The Balaban J connectivity index is 2.91. The summed E-state index contributed by atoms with van der Waals surface area (Å²) in [4.78, 5) is 0. The van der Waals surface area contributed by atoms with Crippen molar-refractivity contribution in [3.63, 3.8) is 0 Å². The minimum atomic E-state index is -0.385. The van der Waals surface area contributed by atoms with Crippen LogP contribution in [0.25, 0.3) is 0 Å². The highest BCUT2D eigenvalue weighted by Crippen LogP contribution is 2.27. The third-order valence-corrected chi connectivity index (χ3v) is 3.38. The van der Waals surface area contributed by atoms with Crippen molar-refractivity contribution in [1.29, 1.82) is 0 Å². The molecule has 1 aromatic rings. The first-order valence-corrected chi connectivity index (χ1v) is 6.40. The van der Waals surface area contributed by atoms with Crippen molar-refractivity contribution < 1.29 is 5.11 Å².